The summed E-state index contributed by atoms with van der Waals surface area (Å²) < 4.78 is 0. The largest absolute Gasteiger partial charge is 0.384 e. The van der Waals surface area contributed by atoms with Gasteiger partial charge >= 0.3 is 0 Å². The number of anilines is 1. The SMILES string of the molecule is Clc1ccc2c(NCCCN3CCC(NC4c5ccccc5CCc5ccccc54)CC3)ccnc2c1. The number of aromatic nitrogens is 1. The molecule has 1 aliphatic heterocycles. The van der Waals surface area contributed by atoms with Gasteiger partial charge in [0.25, 0.3) is 0 Å². The molecule has 4 aromatic rings. The van der Waals surface area contributed by atoms with Crippen molar-refractivity contribution in [2.24, 2.45) is 0 Å². The fourth-order valence-corrected chi connectivity index (χ4v) is 6.23. The molecule has 6 rings (SSSR count). The third-order valence-electron chi connectivity index (χ3n) is 8.06. The monoisotopic (exact) mass is 510 g/mol. The average molecular weight is 511 g/mol. The number of nitrogens with one attached hydrogen (secondary N) is 2. The Morgan fingerprint density at radius 3 is 2.30 bits per heavy atom. The molecule has 0 amide bonds. The lowest BCUT2D eigenvalue weighted by molar-refractivity contribution is 0.193. The molecule has 0 bridgehead atoms. The molecule has 1 fully saturated rings. The van der Waals surface area contributed by atoms with E-state index in [1.807, 2.05) is 18.3 Å². The van der Waals surface area contributed by atoms with Gasteiger partial charge in [0, 0.05) is 34.9 Å². The zero-order valence-corrected chi connectivity index (χ0v) is 22.1. The Bertz CT molecular complexity index is 1310. The van der Waals surface area contributed by atoms with E-state index >= 15 is 0 Å². The molecular weight excluding hydrogens is 476 g/mol. The predicted octanol–water partition coefficient (Wildman–Crippen LogP) is 6.63. The third kappa shape index (κ3) is 5.52. The van der Waals surface area contributed by atoms with Crippen LogP contribution in [0, 0.1) is 0 Å². The highest BCUT2D eigenvalue weighted by Crippen LogP contribution is 2.33. The highest BCUT2D eigenvalue weighted by Gasteiger charge is 2.27. The summed E-state index contributed by atoms with van der Waals surface area (Å²) in [5.74, 6) is 0. The Morgan fingerprint density at radius 1 is 0.865 bits per heavy atom. The minimum atomic E-state index is 0.292. The summed E-state index contributed by atoms with van der Waals surface area (Å²) in [4.78, 5) is 7.07. The van der Waals surface area contributed by atoms with Gasteiger partial charge in [-0.05, 0) is 98.3 Å². The number of pyridine rings is 1. The minimum absolute atomic E-state index is 0.292. The summed E-state index contributed by atoms with van der Waals surface area (Å²) in [6.45, 7) is 4.40. The summed E-state index contributed by atoms with van der Waals surface area (Å²) in [6, 6.07) is 26.9. The van der Waals surface area contributed by atoms with Crippen LogP contribution in [0.4, 0.5) is 5.69 Å². The molecule has 2 N–H and O–H groups in total. The quantitative estimate of drug-likeness (QED) is 0.274. The van der Waals surface area contributed by atoms with E-state index in [4.69, 9.17) is 11.6 Å². The van der Waals surface area contributed by atoms with E-state index in [1.54, 1.807) is 0 Å². The molecule has 0 radical (unpaired) electrons. The fraction of sp³-hybridized carbons (Fsp3) is 0.344. The first-order chi connectivity index (χ1) is 18.2. The van der Waals surface area contributed by atoms with Gasteiger partial charge in [-0.25, -0.2) is 0 Å². The number of halogens is 1. The van der Waals surface area contributed by atoms with E-state index in [2.05, 4.69) is 81.2 Å². The van der Waals surface area contributed by atoms with E-state index < -0.39 is 0 Å². The van der Waals surface area contributed by atoms with E-state index in [1.165, 1.54) is 35.1 Å². The number of piperidine rings is 1. The Hall–Kier alpha value is -2.92. The zero-order chi connectivity index (χ0) is 25.0. The summed E-state index contributed by atoms with van der Waals surface area (Å²) in [6.07, 6.45) is 7.62. The lowest BCUT2D eigenvalue weighted by Crippen LogP contribution is -2.44. The van der Waals surface area contributed by atoms with Crippen molar-refractivity contribution >= 4 is 28.2 Å². The molecule has 190 valence electrons. The molecule has 0 atom stereocenters. The number of likely N-dealkylation sites (tertiary alicyclic amines) is 1. The molecule has 0 saturated carbocycles. The molecule has 3 aromatic carbocycles. The van der Waals surface area contributed by atoms with Gasteiger partial charge in [0.05, 0.1) is 11.6 Å². The van der Waals surface area contributed by atoms with Crippen molar-refractivity contribution in [3.63, 3.8) is 0 Å². The number of nitrogens with zero attached hydrogens (tertiary/aromatic N) is 2. The van der Waals surface area contributed by atoms with Gasteiger partial charge in [0.15, 0.2) is 0 Å². The molecule has 4 nitrogen and oxygen atoms in total. The van der Waals surface area contributed by atoms with Crippen molar-refractivity contribution < 1.29 is 0 Å². The molecule has 0 spiro atoms. The Balaban J connectivity index is 1.02. The van der Waals surface area contributed by atoms with Crippen LogP contribution < -0.4 is 10.6 Å². The Labute approximate surface area is 225 Å². The normalized spacial score (nSPS) is 16.8. The van der Waals surface area contributed by atoms with Crippen LogP contribution in [0.1, 0.15) is 47.6 Å². The maximum atomic E-state index is 6.13. The van der Waals surface area contributed by atoms with Gasteiger partial charge in [-0.15, -0.1) is 0 Å². The summed E-state index contributed by atoms with van der Waals surface area (Å²) >= 11 is 6.13. The third-order valence-corrected chi connectivity index (χ3v) is 8.29. The molecule has 1 aromatic heterocycles. The lowest BCUT2D eigenvalue weighted by Gasteiger charge is -2.35. The second kappa shape index (κ2) is 11.2. The maximum Gasteiger partial charge on any atom is 0.0737 e. The van der Waals surface area contributed by atoms with Crippen LogP contribution in [0.3, 0.4) is 0 Å². The van der Waals surface area contributed by atoms with Gasteiger partial charge < -0.3 is 15.5 Å². The predicted molar refractivity (Wildman–Crippen MR) is 155 cm³/mol. The number of hydrogen-bond donors (Lipinski definition) is 2. The van der Waals surface area contributed by atoms with Crippen LogP contribution >= 0.6 is 11.6 Å². The van der Waals surface area contributed by atoms with Gasteiger partial charge in [-0.2, -0.15) is 0 Å². The molecule has 0 unspecified atom stereocenters. The first kappa shape index (κ1) is 24.4. The summed E-state index contributed by atoms with van der Waals surface area (Å²) in [5.41, 5.74) is 7.98. The van der Waals surface area contributed by atoms with Crippen molar-refractivity contribution in [3.05, 3.63) is 106 Å². The van der Waals surface area contributed by atoms with Gasteiger partial charge in [0.1, 0.15) is 0 Å². The van der Waals surface area contributed by atoms with E-state index in [0.717, 1.165) is 67.1 Å². The summed E-state index contributed by atoms with van der Waals surface area (Å²) in [5, 5.41) is 9.55. The topological polar surface area (TPSA) is 40.2 Å². The van der Waals surface area contributed by atoms with Crippen molar-refractivity contribution in [3.8, 4) is 0 Å². The molecule has 2 heterocycles. The van der Waals surface area contributed by atoms with Crippen molar-refractivity contribution in [2.75, 3.05) is 31.5 Å². The minimum Gasteiger partial charge on any atom is -0.384 e. The maximum absolute atomic E-state index is 6.13. The number of rotatable bonds is 7. The van der Waals surface area contributed by atoms with Gasteiger partial charge in [-0.3, -0.25) is 4.98 Å². The van der Waals surface area contributed by atoms with Gasteiger partial charge in [0.2, 0.25) is 0 Å². The Morgan fingerprint density at radius 2 is 1.57 bits per heavy atom. The van der Waals surface area contributed by atoms with Crippen LogP contribution in [-0.2, 0) is 12.8 Å². The molecular formula is C32H35ClN4. The van der Waals surface area contributed by atoms with Crippen LogP contribution in [0.5, 0.6) is 0 Å². The van der Waals surface area contributed by atoms with E-state index in [0.29, 0.717) is 12.1 Å². The van der Waals surface area contributed by atoms with Crippen LogP contribution in [0.15, 0.2) is 79.0 Å². The van der Waals surface area contributed by atoms with Crippen molar-refractivity contribution in [2.45, 2.75) is 44.2 Å². The number of aryl methyl sites for hydroxylation is 2. The van der Waals surface area contributed by atoms with Crippen LogP contribution in [0.25, 0.3) is 10.9 Å². The standard InChI is InChI=1S/C32H35ClN4/c33-25-12-13-29-30(14-18-35-31(29)22-25)34-17-5-19-37-20-15-26(16-21-37)36-32-27-8-3-1-6-23(27)10-11-24-7-2-4-9-28(24)32/h1-4,6-9,12-14,18,22,26,32,36H,5,10-11,15-17,19-21H2,(H,34,35). The Kier molecular flexibility index (Phi) is 7.41. The molecule has 2 aliphatic rings. The smallest absolute Gasteiger partial charge is 0.0737 e. The molecule has 5 heteroatoms. The number of hydrogen-bond acceptors (Lipinski definition) is 4. The van der Waals surface area contributed by atoms with E-state index in [9.17, 15) is 0 Å². The first-order valence-electron chi connectivity index (χ1n) is 13.7. The zero-order valence-electron chi connectivity index (χ0n) is 21.3. The second-order valence-corrected chi connectivity index (χ2v) is 10.8. The molecule has 1 saturated heterocycles. The molecule has 1 aliphatic carbocycles. The second-order valence-electron chi connectivity index (χ2n) is 10.4. The van der Waals surface area contributed by atoms with Crippen molar-refractivity contribution in [1.82, 2.24) is 15.2 Å². The number of benzene rings is 3. The first-order valence-corrected chi connectivity index (χ1v) is 14.0. The van der Waals surface area contributed by atoms with Crippen LogP contribution in [-0.4, -0.2) is 42.1 Å². The lowest BCUT2D eigenvalue weighted by atomic mass is 9.92. The molecule has 37 heavy (non-hydrogen) atoms. The highest BCUT2D eigenvalue weighted by molar-refractivity contribution is 6.31. The summed E-state index contributed by atoms with van der Waals surface area (Å²) in [7, 11) is 0. The highest BCUT2D eigenvalue weighted by atomic mass is 35.5. The van der Waals surface area contributed by atoms with Crippen molar-refractivity contribution in [1.29, 1.82) is 0 Å². The average Bonchev–Trinajstić information content (AvgIpc) is 3.09. The number of fused-ring (bicyclic) bond motifs is 3. The van der Waals surface area contributed by atoms with E-state index in [-0.39, 0.29) is 0 Å². The van der Waals surface area contributed by atoms with Gasteiger partial charge in [-0.1, -0.05) is 60.1 Å². The van der Waals surface area contributed by atoms with Crippen LogP contribution in [0.2, 0.25) is 5.02 Å². The fourth-order valence-electron chi connectivity index (χ4n) is 6.06.